The van der Waals surface area contributed by atoms with Gasteiger partial charge in [-0.15, -0.1) is 10.2 Å². The highest BCUT2D eigenvalue weighted by Crippen LogP contribution is 2.28. The topological polar surface area (TPSA) is 64.1 Å². The maximum absolute atomic E-state index is 12.3. The Hall–Kier alpha value is -2.14. The number of hydrogen-bond donors (Lipinski definition) is 1. The van der Waals surface area contributed by atoms with Crippen molar-refractivity contribution < 1.29 is 9.53 Å². The molecule has 0 bridgehead atoms. The lowest BCUT2D eigenvalue weighted by atomic mass is 10.1. The number of benzene rings is 1. The van der Waals surface area contributed by atoms with E-state index in [1.54, 1.807) is 27.7 Å². The fourth-order valence-electron chi connectivity index (χ4n) is 1.79. The fourth-order valence-corrected chi connectivity index (χ4v) is 1.92. The van der Waals surface area contributed by atoms with Crippen LogP contribution in [0.15, 0.2) is 30.3 Å². The molecule has 1 N–H and O–H groups in total. The van der Waals surface area contributed by atoms with Crippen LogP contribution in [0.2, 0.25) is 5.15 Å². The van der Waals surface area contributed by atoms with Crippen LogP contribution in [-0.2, 0) is 4.74 Å². The molecule has 116 valence electrons. The molecule has 5 nitrogen and oxygen atoms in total. The molecule has 0 atom stereocenters. The number of hydrogen-bond acceptors (Lipinski definition) is 5. The van der Waals surface area contributed by atoms with E-state index < -0.39 is 11.6 Å². The first-order valence-corrected chi connectivity index (χ1v) is 7.24. The van der Waals surface area contributed by atoms with E-state index in [9.17, 15) is 4.79 Å². The van der Waals surface area contributed by atoms with Gasteiger partial charge in [-0.3, -0.25) is 0 Å². The number of nitrogens with zero attached hydrogens (tertiary/aromatic N) is 2. The van der Waals surface area contributed by atoms with E-state index in [1.165, 1.54) is 0 Å². The Morgan fingerprint density at radius 1 is 1.18 bits per heavy atom. The number of halogens is 1. The minimum absolute atomic E-state index is 0.112. The predicted octanol–water partition coefficient (Wildman–Crippen LogP) is 4.14. The van der Waals surface area contributed by atoms with Crippen LogP contribution >= 0.6 is 11.6 Å². The van der Waals surface area contributed by atoms with Crippen LogP contribution < -0.4 is 5.32 Å². The highest BCUT2D eigenvalue weighted by Gasteiger charge is 2.24. The molecule has 0 aliphatic heterocycles. The lowest BCUT2D eigenvalue weighted by Gasteiger charge is -2.20. The SMILES string of the molecule is Cc1c(Cl)nnc(C(=O)OC(C)(C)C)c1Nc1ccccc1. The molecule has 0 aliphatic rings. The molecular formula is C16H18ClN3O2. The Kier molecular flexibility index (Phi) is 4.66. The molecule has 0 fully saturated rings. The van der Waals surface area contributed by atoms with Crippen LogP contribution in [0.4, 0.5) is 11.4 Å². The third-order valence-electron chi connectivity index (χ3n) is 2.79. The summed E-state index contributed by atoms with van der Waals surface area (Å²) in [4.78, 5) is 12.3. The van der Waals surface area contributed by atoms with Gasteiger partial charge in [-0.05, 0) is 39.8 Å². The van der Waals surface area contributed by atoms with Crippen molar-refractivity contribution in [2.75, 3.05) is 5.32 Å². The van der Waals surface area contributed by atoms with Crippen LogP contribution in [0, 0.1) is 6.92 Å². The summed E-state index contributed by atoms with van der Waals surface area (Å²) in [6.45, 7) is 7.17. The summed E-state index contributed by atoms with van der Waals surface area (Å²) >= 11 is 6.02. The molecule has 1 aromatic carbocycles. The maximum atomic E-state index is 12.3. The predicted molar refractivity (Wildman–Crippen MR) is 86.7 cm³/mol. The molecule has 0 radical (unpaired) electrons. The average Bonchev–Trinajstić information content (AvgIpc) is 2.43. The van der Waals surface area contributed by atoms with E-state index in [2.05, 4.69) is 15.5 Å². The standard InChI is InChI=1S/C16H18ClN3O2/c1-10-12(18-11-8-6-5-7-9-11)13(19-20-14(10)17)15(21)22-16(2,3)4/h5-9H,1-4H3,(H,18,20). The van der Waals surface area contributed by atoms with Gasteiger partial charge in [0.05, 0.1) is 5.69 Å². The van der Waals surface area contributed by atoms with Crippen molar-refractivity contribution in [3.05, 3.63) is 46.7 Å². The van der Waals surface area contributed by atoms with E-state index in [0.29, 0.717) is 11.3 Å². The van der Waals surface area contributed by atoms with Gasteiger partial charge in [-0.1, -0.05) is 29.8 Å². The second-order valence-electron chi connectivity index (χ2n) is 5.83. The smallest absolute Gasteiger partial charge is 0.361 e. The first-order chi connectivity index (χ1) is 10.3. The molecule has 2 rings (SSSR count). The van der Waals surface area contributed by atoms with Crippen LogP contribution in [0.25, 0.3) is 0 Å². The van der Waals surface area contributed by atoms with E-state index in [4.69, 9.17) is 16.3 Å². The van der Waals surface area contributed by atoms with E-state index in [-0.39, 0.29) is 10.8 Å². The number of carbonyl (C=O) groups excluding carboxylic acids is 1. The summed E-state index contributed by atoms with van der Waals surface area (Å²) in [7, 11) is 0. The third-order valence-corrected chi connectivity index (χ3v) is 3.15. The molecule has 0 unspecified atom stereocenters. The third kappa shape index (κ3) is 3.95. The second kappa shape index (κ2) is 6.32. The first kappa shape index (κ1) is 16.2. The monoisotopic (exact) mass is 319 g/mol. The molecule has 0 aliphatic carbocycles. The van der Waals surface area contributed by atoms with Crippen molar-refractivity contribution >= 4 is 28.9 Å². The summed E-state index contributed by atoms with van der Waals surface area (Å²) in [5, 5.41) is 11.1. The van der Waals surface area contributed by atoms with Crippen LogP contribution in [0.3, 0.4) is 0 Å². The van der Waals surface area contributed by atoms with Gasteiger partial charge in [0.15, 0.2) is 10.8 Å². The first-order valence-electron chi connectivity index (χ1n) is 6.86. The number of ether oxygens (including phenoxy) is 1. The van der Waals surface area contributed by atoms with E-state index in [0.717, 1.165) is 5.69 Å². The van der Waals surface area contributed by atoms with Gasteiger partial charge < -0.3 is 10.1 Å². The Morgan fingerprint density at radius 2 is 1.82 bits per heavy atom. The Bertz CT molecular complexity index is 682. The highest BCUT2D eigenvalue weighted by atomic mass is 35.5. The molecule has 0 amide bonds. The van der Waals surface area contributed by atoms with Crippen molar-refractivity contribution in [3.8, 4) is 0 Å². The summed E-state index contributed by atoms with van der Waals surface area (Å²) in [5.74, 6) is -0.543. The summed E-state index contributed by atoms with van der Waals surface area (Å²) in [5.41, 5.74) is 1.46. The summed E-state index contributed by atoms with van der Waals surface area (Å²) in [6, 6.07) is 9.45. The molecule has 1 heterocycles. The second-order valence-corrected chi connectivity index (χ2v) is 6.19. The molecule has 0 spiro atoms. The van der Waals surface area contributed by atoms with Gasteiger partial charge in [0, 0.05) is 11.3 Å². The Balaban J connectivity index is 2.42. The molecule has 2 aromatic rings. The number of para-hydroxylation sites is 1. The van der Waals surface area contributed by atoms with Crippen molar-refractivity contribution in [2.45, 2.75) is 33.3 Å². The quantitative estimate of drug-likeness (QED) is 0.861. The van der Waals surface area contributed by atoms with Gasteiger partial charge in [-0.2, -0.15) is 0 Å². The molecule has 0 saturated carbocycles. The van der Waals surface area contributed by atoms with E-state index in [1.807, 2.05) is 30.3 Å². The van der Waals surface area contributed by atoms with Crippen molar-refractivity contribution in [1.29, 1.82) is 0 Å². The van der Waals surface area contributed by atoms with Crippen LogP contribution in [0.5, 0.6) is 0 Å². The zero-order valence-corrected chi connectivity index (χ0v) is 13.7. The molecule has 1 aromatic heterocycles. The lowest BCUT2D eigenvalue weighted by molar-refractivity contribution is 0.00628. The fraction of sp³-hybridized carbons (Fsp3) is 0.312. The number of anilines is 2. The van der Waals surface area contributed by atoms with E-state index >= 15 is 0 Å². The van der Waals surface area contributed by atoms with Gasteiger partial charge in [0.25, 0.3) is 0 Å². The zero-order chi connectivity index (χ0) is 16.3. The van der Waals surface area contributed by atoms with Crippen molar-refractivity contribution in [2.24, 2.45) is 0 Å². The highest BCUT2D eigenvalue weighted by molar-refractivity contribution is 6.30. The number of rotatable bonds is 3. The summed E-state index contributed by atoms with van der Waals surface area (Å²) in [6.07, 6.45) is 0. The molecular weight excluding hydrogens is 302 g/mol. The normalized spacial score (nSPS) is 11.1. The minimum Gasteiger partial charge on any atom is -0.455 e. The van der Waals surface area contributed by atoms with Gasteiger partial charge in [0.2, 0.25) is 0 Å². The molecule has 0 saturated heterocycles. The van der Waals surface area contributed by atoms with Gasteiger partial charge in [0.1, 0.15) is 5.60 Å². The number of esters is 1. The molecule has 6 heteroatoms. The largest absolute Gasteiger partial charge is 0.455 e. The average molecular weight is 320 g/mol. The Morgan fingerprint density at radius 3 is 2.41 bits per heavy atom. The number of aromatic nitrogens is 2. The van der Waals surface area contributed by atoms with Crippen LogP contribution in [0.1, 0.15) is 36.8 Å². The minimum atomic E-state index is -0.615. The lowest BCUT2D eigenvalue weighted by Crippen LogP contribution is -2.25. The summed E-state index contributed by atoms with van der Waals surface area (Å²) < 4.78 is 5.37. The number of carbonyl (C=O) groups is 1. The Labute approximate surface area is 134 Å². The van der Waals surface area contributed by atoms with Gasteiger partial charge >= 0.3 is 5.97 Å². The molecule has 22 heavy (non-hydrogen) atoms. The maximum Gasteiger partial charge on any atom is 0.361 e. The van der Waals surface area contributed by atoms with Crippen molar-refractivity contribution in [1.82, 2.24) is 10.2 Å². The van der Waals surface area contributed by atoms with Gasteiger partial charge in [-0.25, -0.2) is 4.79 Å². The van der Waals surface area contributed by atoms with Crippen LogP contribution in [-0.4, -0.2) is 21.8 Å². The van der Waals surface area contributed by atoms with Crippen molar-refractivity contribution in [3.63, 3.8) is 0 Å². The zero-order valence-electron chi connectivity index (χ0n) is 13.0. The number of nitrogens with one attached hydrogen (secondary N) is 1.